The van der Waals surface area contributed by atoms with E-state index >= 15 is 0 Å². The molecule has 4 aliphatic carbocycles. The second-order valence-electron chi connectivity index (χ2n) is 13.1. The van der Waals surface area contributed by atoms with Crippen LogP contribution in [0.4, 0.5) is 0 Å². The van der Waals surface area contributed by atoms with Crippen molar-refractivity contribution in [3.63, 3.8) is 0 Å². The average Bonchev–Trinajstić information content (AvgIpc) is 3.14. The number of hydrogen-bond donors (Lipinski definition) is 0. The van der Waals surface area contributed by atoms with E-state index in [1.165, 1.54) is 56.1 Å². The summed E-state index contributed by atoms with van der Waals surface area (Å²) < 4.78 is 0. The molecule has 182 valence electrons. The summed E-state index contributed by atoms with van der Waals surface area (Å²) in [6, 6.07) is 9.34. The van der Waals surface area contributed by atoms with Crippen LogP contribution in [0.1, 0.15) is 116 Å². The quantitative estimate of drug-likeness (QED) is 0.330. The monoisotopic (exact) mass is 456 g/mol. The standard InChI is InChI=1S/C33H44O/c1-6-7-23(22-8-11-25(12-9-22)32(2,3)4)20-26-13-17-31-30-15-10-24-21-27(34)14-16-28(24)29(30)18-19-33(26,31)5/h8-9,11-12,23-24,26,30-31H,10,13-21H2,1-5H3/t23?,24?,26-,30+,31-,33+/m0/s1. The lowest BCUT2D eigenvalue weighted by atomic mass is 9.54. The summed E-state index contributed by atoms with van der Waals surface area (Å²) in [6.45, 7) is 11.5. The molecular formula is C33H44O. The molecule has 1 heteroatoms. The van der Waals surface area contributed by atoms with Crippen molar-refractivity contribution in [2.24, 2.45) is 29.1 Å². The van der Waals surface area contributed by atoms with Crippen LogP contribution >= 0.6 is 0 Å². The molecule has 6 atom stereocenters. The van der Waals surface area contributed by atoms with Gasteiger partial charge >= 0.3 is 0 Å². The topological polar surface area (TPSA) is 17.1 Å². The van der Waals surface area contributed by atoms with E-state index in [0.29, 0.717) is 23.0 Å². The summed E-state index contributed by atoms with van der Waals surface area (Å²) in [4.78, 5) is 12.1. The van der Waals surface area contributed by atoms with E-state index in [-0.39, 0.29) is 5.41 Å². The van der Waals surface area contributed by atoms with Gasteiger partial charge in [0, 0.05) is 18.8 Å². The molecule has 0 N–H and O–H groups in total. The van der Waals surface area contributed by atoms with E-state index in [1.54, 1.807) is 5.57 Å². The highest BCUT2D eigenvalue weighted by atomic mass is 16.1. The van der Waals surface area contributed by atoms with Crippen molar-refractivity contribution in [2.75, 3.05) is 0 Å². The van der Waals surface area contributed by atoms with E-state index in [4.69, 9.17) is 0 Å². The van der Waals surface area contributed by atoms with Gasteiger partial charge in [-0.1, -0.05) is 69.0 Å². The zero-order chi connectivity index (χ0) is 24.1. The number of allylic oxidation sites excluding steroid dienone is 2. The first-order chi connectivity index (χ1) is 16.2. The number of ketones is 1. The van der Waals surface area contributed by atoms with Crippen molar-refractivity contribution in [1.29, 1.82) is 0 Å². The van der Waals surface area contributed by atoms with Crippen molar-refractivity contribution in [3.8, 4) is 11.8 Å². The number of benzene rings is 1. The van der Waals surface area contributed by atoms with E-state index in [0.717, 1.165) is 37.0 Å². The number of carbonyl (C=O) groups excluding carboxylic acids is 1. The van der Waals surface area contributed by atoms with Crippen molar-refractivity contribution in [3.05, 3.63) is 46.5 Å². The highest BCUT2D eigenvalue weighted by Gasteiger charge is 2.54. The predicted molar refractivity (Wildman–Crippen MR) is 142 cm³/mol. The Morgan fingerprint density at radius 3 is 2.47 bits per heavy atom. The van der Waals surface area contributed by atoms with Crippen molar-refractivity contribution < 1.29 is 4.79 Å². The van der Waals surface area contributed by atoms with Gasteiger partial charge in [0.05, 0.1) is 0 Å². The van der Waals surface area contributed by atoms with Crippen LogP contribution in [0.15, 0.2) is 35.4 Å². The minimum absolute atomic E-state index is 0.190. The number of Topliss-reactive ketones (excluding diaryl/α,β-unsaturated/α-hetero) is 1. The van der Waals surface area contributed by atoms with Crippen LogP contribution in [0.5, 0.6) is 0 Å². The maximum atomic E-state index is 12.1. The number of fused-ring (bicyclic) bond motifs is 4. The third-order valence-electron chi connectivity index (χ3n) is 10.4. The van der Waals surface area contributed by atoms with Crippen LogP contribution < -0.4 is 0 Å². The minimum atomic E-state index is 0.190. The first-order valence-electron chi connectivity index (χ1n) is 14.0. The van der Waals surface area contributed by atoms with Crippen LogP contribution in [-0.4, -0.2) is 5.78 Å². The number of carbonyl (C=O) groups is 1. The Morgan fingerprint density at radius 1 is 1.00 bits per heavy atom. The third-order valence-corrected chi connectivity index (χ3v) is 10.4. The Morgan fingerprint density at radius 2 is 1.76 bits per heavy atom. The Hall–Kier alpha value is -1.81. The molecule has 0 bridgehead atoms. The molecule has 0 aliphatic heterocycles. The summed E-state index contributed by atoms with van der Waals surface area (Å²) in [5.41, 5.74) is 6.99. The van der Waals surface area contributed by atoms with E-state index < -0.39 is 0 Å². The molecule has 0 spiro atoms. The van der Waals surface area contributed by atoms with Gasteiger partial charge in [0.2, 0.25) is 0 Å². The van der Waals surface area contributed by atoms with Gasteiger partial charge in [0.15, 0.2) is 0 Å². The van der Waals surface area contributed by atoms with Crippen LogP contribution in [0.2, 0.25) is 0 Å². The van der Waals surface area contributed by atoms with Crippen LogP contribution in [-0.2, 0) is 10.2 Å². The highest BCUT2D eigenvalue weighted by molar-refractivity contribution is 5.80. The van der Waals surface area contributed by atoms with Crippen LogP contribution in [0.25, 0.3) is 0 Å². The normalized spacial score (nSPS) is 34.0. The summed E-state index contributed by atoms with van der Waals surface area (Å²) in [7, 11) is 0. The van der Waals surface area contributed by atoms with Gasteiger partial charge in [-0.25, -0.2) is 0 Å². The minimum Gasteiger partial charge on any atom is -0.300 e. The fourth-order valence-corrected chi connectivity index (χ4v) is 8.40. The Bertz CT molecular complexity index is 1020. The molecule has 1 aromatic rings. The Kier molecular flexibility index (Phi) is 6.33. The van der Waals surface area contributed by atoms with E-state index in [9.17, 15) is 4.79 Å². The van der Waals surface area contributed by atoms with E-state index in [1.807, 2.05) is 12.5 Å². The lowest BCUT2D eigenvalue weighted by Gasteiger charge is -2.50. The molecule has 2 unspecified atom stereocenters. The molecule has 0 saturated heterocycles. The van der Waals surface area contributed by atoms with Gasteiger partial charge in [0.25, 0.3) is 0 Å². The van der Waals surface area contributed by atoms with Gasteiger partial charge < -0.3 is 0 Å². The van der Waals surface area contributed by atoms with Crippen molar-refractivity contribution in [1.82, 2.24) is 0 Å². The first-order valence-corrected chi connectivity index (χ1v) is 14.0. The molecule has 1 aromatic carbocycles. The maximum absolute atomic E-state index is 12.1. The largest absolute Gasteiger partial charge is 0.300 e. The summed E-state index contributed by atoms with van der Waals surface area (Å²) >= 11 is 0. The Labute approximate surface area is 208 Å². The molecule has 0 radical (unpaired) electrons. The second-order valence-corrected chi connectivity index (χ2v) is 13.1. The third kappa shape index (κ3) is 4.21. The lowest BCUT2D eigenvalue weighted by Crippen LogP contribution is -2.41. The fraction of sp³-hybridized carbons (Fsp3) is 0.667. The summed E-state index contributed by atoms with van der Waals surface area (Å²) in [5.74, 6) is 10.7. The average molecular weight is 457 g/mol. The second kappa shape index (κ2) is 9.00. The molecule has 0 heterocycles. The van der Waals surface area contributed by atoms with E-state index in [2.05, 4.69) is 63.8 Å². The van der Waals surface area contributed by atoms with Gasteiger partial charge in [-0.15, -0.1) is 5.92 Å². The van der Waals surface area contributed by atoms with Crippen LogP contribution in [0, 0.1) is 40.9 Å². The lowest BCUT2D eigenvalue weighted by molar-refractivity contribution is -0.120. The summed E-state index contributed by atoms with van der Waals surface area (Å²) in [5, 5.41) is 0. The predicted octanol–water partition coefficient (Wildman–Crippen LogP) is 8.38. The van der Waals surface area contributed by atoms with Gasteiger partial charge in [-0.3, -0.25) is 4.79 Å². The molecule has 1 nitrogen and oxygen atoms in total. The van der Waals surface area contributed by atoms with Crippen molar-refractivity contribution >= 4 is 5.78 Å². The van der Waals surface area contributed by atoms with Gasteiger partial charge in [-0.05, 0) is 104 Å². The fourth-order valence-electron chi connectivity index (χ4n) is 8.40. The SMILES string of the molecule is CC#CC(C[C@@H]1CC[C@H]2[C@@H]3CCC4CC(=O)CCC4=C3CC[C@]12C)c1ccc(C(C)(C)C)cc1. The number of rotatable bonds is 3. The Balaban J connectivity index is 1.36. The zero-order valence-electron chi connectivity index (χ0n) is 22.2. The first kappa shape index (κ1) is 23.9. The highest BCUT2D eigenvalue weighted by Crippen LogP contribution is 2.63. The molecule has 34 heavy (non-hydrogen) atoms. The molecular weight excluding hydrogens is 412 g/mol. The van der Waals surface area contributed by atoms with Gasteiger partial charge in [-0.2, -0.15) is 0 Å². The molecule has 0 amide bonds. The summed E-state index contributed by atoms with van der Waals surface area (Å²) in [6.07, 6.45) is 11.9. The molecule has 4 aliphatic rings. The maximum Gasteiger partial charge on any atom is 0.133 e. The van der Waals surface area contributed by atoms with Gasteiger partial charge in [0.1, 0.15) is 5.78 Å². The number of hydrogen-bond acceptors (Lipinski definition) is 1. The smallest absolute Gasteiger partial charge is 0.133 e. The molecule has 5 rings (SSSR count). The molecule has 0 aromatic heterocycles. The van der Waals surface area contributed by atoms with Crippen molar-refractivity contribution in [2.45, 2.75) is 110 Å². The molecule has 3 fully saturated rings. The molecule has 3 saturated carbocycles. The zero-order valence-corrected chi connectivity index (χ0v) is 22.2. The van der Waals surface area contributed by atoms with Crippen LogP contribution in [0.3, 0.4) is 0 Å².